The smallest absolute Gasteiger partial charge is 0.338 e. The zero-order valence-electron chi connectivity index (χ0n) is 17.8. The summed E-state index contributed by atoms with van der Waals surface area (Å²) in [7, 11) is 2.99. The molecule has 2 aromatic carbocycles. The molecule has 168 valence electrons. The number of carbonyl (C=O) groups excluding carboxylic acids is 4. The summed E-state index contributed by atoms with van der Waals surface area (Å²) < 4.78 is 15.6. The predicted octanol–water partition coefficient (Wildman–Crippen LogP) is 1.94. The largest absolute Gasteiger partial charge is 0.493 e. The van der Waals surface area contributed by atoms with Crippen molar-refractivity contribution in [3.63, 3.8) is 0 Å². The van der Waals surface area contributed by atoms with Crippen molar-refractivity contribution in [3.8, 4) is 11.5 Å². The number of anilines is 1. The van der Waals surface area contributed by atoms with Gasteiger partial charge in [0.25, 0.3) is 5.91 Å². The summed E-state index contributed by atoms with van der Waals surface area (Å²) in [4.78, 5) is 49.2. The van der Waals surface area contributed by atoms with E-state index < -0.39 is 24.0 Å². The van der Waals surface area contributed by atoms with Crippen LogP contribution >= 0.6 is 0 Å². The second kappa shape index (κ2) is 9.82. The van der Waals surface area contributed by atoms with Crippen LogP contribution in [0.2, 0.25) is 0 Å². The summed E-state index contributed by atoms with van der Waals surface area (Å²) in [5.74, 6) is -0.540. The molecule has 0 aromatic heterocycles. The van der Waals surface area contributed by atoms with Gasteiger partial charge >= 0.3 is 12.0 Å². The number of rotatable bonds is 8. The Morgan fingerprint density at radius 2 is 1.75 bits per heavy atom. The van der Waals surface area contributed by atoms with E-state index in [1.54, 1.807) is 30.3 Å². The third kappa shape index (κ3) is 5.15. The molecule has 1 fully saturated rings. The number of imide groups is 1. The third-order valence-corrected chi connectivity index (χ3v) is 4.77. The Hall–Kier alpha value is -4.08. The average molecular weight is 441 g/mol. The minimum absolute atomic E-state index is 0.0213. The van der Waals surface area contributed by atoms with E-state index in [9.17, 15) is 19.2 Å². The minimum atomic E-state index is -1.05. The molecule has 4 amide bonds. The number of esters is 1. The summed E-state index contributed by atoms with van der Waals surface area (Å²) >= 11 is 0. The van der Waals surface area contributed by atoms with Gasteiger partial charge in [0.2, 0.25) is 5.91 Å². The van der Waals surface area contributed by atoms with Crippen molar-refractivity contribution in [2.45, 2.75) is 19.6 Å². The average Bonchev–Trinajstić information content (AvgIpc) is 3.11. The second-order valence-corrected chi connectivity index (χ2v) is 6.94. The number of methoxy groups -OCH3 is 2. The Balaban J connectivity index is 1.57. The highest BCUT2D eigenvalue weighted by Crippen LogP contribution is 2.29. The molecule has 0 aliphatic carbocycles. The zero-order valence-corrected chi connectivity index (χ0v) is 17.8. The van der Waals surface area contributed by atoms with Gasteiger partial charge in [0, 0.05) is 11.8 Å². The molecule has 1 atom stereocenters. The van der Waals surface area contributed by atoms with Gasteiger partial charge < -0.3 is 24.8 Å². The van der Waals surface area contributed by atoms with Gasteiger partial charge in [-0.25, -0.2) is 9.59 Å². The van der Waals surface area contributed by atoms with Crippen molar-refractivity contribution < 1.29 is 33.4 Å². The summed E-state index contributed by atoms with van der Waals surface area (Å²) in [5, 5.41) is 5.10. The molecule has 10 nitrogen and oxygen atoms in total. The van der Waals surface area contributed by atoms with E-state index in [-0.39, 0.29) is 24.6 Å². The number of nitrogens with zero attached hydrogens (tertiary/aromatic N) is 1. The van der Waals surface area contributed by atoms with E-state index in [4.69, 9.17) is 14.2 Å². The Morgan fingerprint density at radius 3 is 2.34 bits per heavy atom. The van der Waals surface area contributed by atoms with E-state index in [0.717, 1.165) is 4.90 Å². The van der Waals surface area contributed by atoms with Crippen molar-refractivity contribution in [1.82, 2.24) is 10.2 Å². The standard InChI is InChI=1S/C22H23N3O7/c1-13(20(27)24-16-8-9-17(30-2)18(10-16)31-3)32-21(28)15-6-4-14(5-7-15)12-25-19(26)11-23-22(25)29/h4-10,13H,11-12H2,1-3H3,(H,23,29)(H,24,27). The fourth-order valence-corrected chi connectivity index (χ4v) is 2.98. The lowest BCUT2D eigenvalue weighted by Crippen LogP contribution is -2.30. The first kappa shape index (κ1) is 22.6. The van der Waals surface area contributed by atoms with Crippen molar-refractivity contribution in [2.24, 2.45) is 0 Å². The SMILES string of the molecule is COc1ccc(NC(=O)C(C)OC(=O)c2ccc(CN3C(=O)CNC3=O)cc2)cc1OC. The molecule has 1 saturated heterocycles. The fraction of sp³-hybridized carbons (Fsp3) is 0.273. The van der Waals surface area contributed by atoms with Gasteiger partial charge in [0.05, 0.1) is 32.9 Å². The van der Waals surface area contributed by atoms with Crippen LogP contribution in [0.15, 0.2) is 42.5 Å². The third-order valence-electron chi connectivity index (χ3n) is 4.77. The van der Waals surface area contributed by atoms with Crippen LogP contribution < -0.4 is 20.1 Å². The van der Waals surface area contributed by atoms with Crippen molar-refractivity contribution in [2.75, 3.05) is 26.1 Å². The maximum Gasteiger partial charge on any atom is 0.338 e. The van der Waals surface area contributed by atoms with E-state index in [1.165, 1.54) is 33.3 Å². The summed E-state index contributed by atoms with van der Waals surface area (Å²) in [6.07, 6.45) is -1.05. The fourth-order valence-electron chi connectivity index (χ4n) is 2.98. The molecule has 10 heteroatoms. The lowest BCUT2D eigenvalue weighted by molar-refractivity contribution is -0.125. The van der Waals surface area contributed by atoms with Gasteiger partial charge in [0.15, 0.2) is 17.6 Å². The number of hydrogen-bond donors (Lipinski definition) is 2. The van der Waals surface area contributed by atoms with Crippen LogP contribution in [0.1, 0.15) is 22.8 Å². The highest BCUT2D eigenvalue weighted by Gasteiger charge is 2.28. The molecule has 0 saturated carbocycles. The molecule has 1 aliphatic heterocycles. The van der Waals surface area contributed by atoms with Gasteiger partial charge in [0.1, 0.15) is 0 Å². The van der Waals surface area contributed by atoms with Crippen LogP contribution in [0.25, 0.3) is 0 Å². The minimum Gasteiger partial charge on any atom is -0.493 e. The van der Waals surface area contributed by atoms with Crippen LogP contribution in [0.5, 0.6) is 11.5 Å². The molecular weight excluding hydrogens is 418 g/mol. The first-order chi connectivity index (χ1) is 15.3. The monoisotopic (exact) mass is 441 g/mol. The lowest BCUT2D eigenvalue weighted by atomic mass is 10.1. The van der Waals surface area contributed by atoms with Crippen LogP contribution in [0, 0.1) is 0 Å². The molecule has 0 spiro atoms. The van der Waals surface area contributed by atoms with Gasteiger partial charge in [-0.05, 0) is 36.8 Å². The first-order valence-corrected chi connectivity index (χ1v) is 9.73. The van der Waals surface area contributed by atoms with Crippen LogP contribution in [-0.4, -0.2) is 55.6 Å². The van der Waals surface area contributed by atoms with Gasteiger partial charge in [-0.2, -0.15) is 0 Å². The molecule has 1 unspecified atom stereocenters. The number of benzene rings is 2. The number of amides is 4. The lowest BCUT2D eigenvalue weighted by Gasteiger charge is -2.15. The first-order valence-electron chi connectivity index (χ1n) is 9.73. The molecule has 32 heavy (non-hydrogen) atoms. The number of hydrogen-bond acceptors (Lipinski definition) is 7. The van der Waals surface area contributed by atoms with Gasteiger partial charge in [-0.15, -0.1) is 0 Å². The Kier molecular flexibility index (Phi) is 6.93. The topological polar surface area (TPSA) is 123 Å². The van der Waals surface area contributed by atoms with Gasteiger partial charge in [-0.3, -0.25) is 14.5 Å². The Labute approximate surface area is 184 Å². The number of urea groups is 1. The maximum absolute atomic E-state index is 12.4. The van der Waals surface area contributed by atoms with Crippen LogP contribution in [0.4, 0.5) is 10.5 Å². The quantitative estimate of drug-likeness (QED) is 0.474. The number of ether oxygens (including phenoxy) is 3. The zero-order chi connectivity index (χ0) is 23.3. The molecule has 3 rings (SSSR count). The molecule has 0 bridgehead atoms. The molecule has 1 aliphatic rings. The predicted molar refractivity (Wildman–Crippen MR) is 113 cm³/mol. The molecule has 2 aromatic rings. The summed E-state index contributed by atoms with van der Waals surface area (Å²) in [5.41, 5.74) is 1.36. The van der Waals surface area contributed by atoms with Crippen molar-refractivity contribution in [3.05, 3.63) is 53.6 Å². The van der Waals surface area contributed by atoms with Gasteiger partial charge in [-0.1, -0.05) is 12.1 Å². The van der Waals surface area contributed by atoms with E-state index >= 15 is 0 Å². The van der Waals surface area contributed by atoms with Crippen LogP contribution in [0.3, 0.4) is 0 Å². The molecule has 0 radical (unpaired) electrons. The number of nitrogens with one attached hydrogen (secondary N) is 2. The summed E-state index contributed by atoms with van der Waals surface area (Å²) in [6, 6.07) is 10.7. The second-order valence-electron chi connectivity index (χ2n) is 6.94. The van der Waals surface area contributed by atoms with E-state index in [0.29, 0.717) is 22.7 Å². The van der Waals surface area contributed by atoms with Crippen molar-refractivity contribution in [1.29, 1.82) is 0 Å². The maximum atomic E-state index is 12.4. The Bertz CT molecular complexity index is 1020. The highest BCUT2D eigenvalue weighted by molar-refractivity contribution is 6.02. The Morgan fingerprint density at radius 1 is 1.06 bits per heavy atom. The summed E-state index contributed by atoms with van der Waals surface area (Å²) in [6.45, 7) is 1.54. The van der Waals surface area contributed by atoms with Crippen molar-refractivity contribution >= 4 is 29.5 Å². The highest BCUT2D eigenvalue weighted by atomic mass is 16.5. The normalized spacial score (nSPS) is 13.9. The molecule has 2 N–H and O–H groups in total. The molecule has 1 heterocycles. The van der Waals surface area contributed by atoms with E-state index in [2.05, 4.69) is 10.6 Å². The molecular formula is C22H23N3O7. The number of carbonyl (C=O) groups is 4. The van der Waals surface area contributed by atoms with Crippen LogP contribution in [-0.2, 0) is 20.9 Å². The van der Waals surface area contributed by atoms with E-state index in [1.807, 2.05) is 0 Å².